The van der Waals surface area contributed by atoms with Gasteiger partial charge in [0.1, 0.15) is 0 Å². The summed E-state index contributed by atoms with van der Waals surface area (Å²) in [5, 5.41) is 0.717. The average molecular weight is 354 g/mol. The first-order valence-corrected chi connectivity index (χ1v) is 8.21. The Bertz CT molecular complexity index is 639. The van der Waals surface area contributed by atoms with Crippen molar-refractivity contribution in [2.75, 3.05) is 4.90 Å². The van der Waals surface area contributed by atoms with Crippen LogP contribution in [-0.4, -0.2) is 23.0 Å². The lowest BCUT2D eigenvalue weighted by Gasteiger charge is -2.35. The first-order chi connectivity index (χ1) is 10.9. The maximum absolute atomic E-state index is 12.0. The molecule has 1 saturated carbocycles. The summed E-state index contributed by atoms with van der Waals surface area (Å²) < 4.78 is 0. The molecule has 1 aliphatic carbocycles. The minimum Gasteiger partial charge on any atom is -0.376 e. The third-order valence-electron chi connectivity index (χ3n) is 3.86. The highest BCUT2D eigenvalue weighted by Gasteiger charge is 2.25. The molecule has 23 heavy (non-hydrogen) atoms. The van der Waals surface area contributed by atoms with Gasteiger partial charge in [-0.15, -0.1) is 0 Å². The van der Waals surface area contributed by atoms with E-state index in [1.54, 1.807) is 18.2 Å². The number of anilines is 1. The highest BCUT2D eigenvalue weighted by atomic mass is 35.5. The van der Waals surface area contributed by atoms with Crippen LogP contribution in [0.15, 0.2) is 23.2 Å². The summed E-state index contributed by atoms with van der Waals surface area (Å²) in [6.07, 6.45) is 5.42. The smallest absolute Gasteiger partial charge is 0.280 e. The maximum Gasteiger partial charge on any atom is 0.280 e. The van der Waals surface area contributed by atoms with Gasteiger partial charge in [0.25, 0.3) is 5.91 Å². The number of carbonyl (C=O) groups excluding carboxylic acids is 1. The molecule has 1 amide bonds. The van der Waals surface area contributed by atoms with Gasteiger partial charge >= 0.3 is 0 Å². The Kier molecular flexibility index (Phi) is 5.79. The number of nitrogens with zero attached hydrogens (tertiary/aromatic N) is 2. The minimum absolute atomic E-state index is 0.187. The second kappa shape index (κ2) is 7.61. The summed E-state index contributed by atoms with van der Waals surface area (Å²) in [4.78, 5) is 17.4. The van der Waals surface area contributed by atoms with Gasteiger partial charge < -0.3 is 22.1 Å². The van der Waals surface area contributed by atoms with Gasteiger partial charge in [-0.1, -0.05) is 30.9 Å². The SMILES string of the molecule is NC(=S)N(c1cc(C(=O)N=C(N)N)ccc1Cl)C1CCCCC1. The Morgan fingerprint density at radius 3 is 2.43 bits per heavy atom. The predicted molar refractivity (Wildman–Crippen MR) is 97.7 cm³/mol. The maximum atomic E-state index is 12.0. The van der Waals surface area contributed by atoms with E-state index >= 15 is 0 Å². The fourth-order valence-electron chi connectivity index (χ4n) is 2.85. The molecule has 0 bridgehead atoms. The highest BCUT2D eigenvalue weighted by Crippen LogP contribution is 2.33. The largest absolute Gasteiger partial charge is 0.376 e. The minimum atomic E-state index is -0.533. The topological polar surface area (TPSA) is 111 Å². The van der Waals surface area contributed by atoms with Crippen LogP contribution in [0.1, 0.15) is 42.5 Å². The van der Waals surface area contributed by atoms with Crippen molar-refractivity contribution in [2.45, 2.75) is 38.1 Å². The zero-order valence-corrected chi connectivity index (χ0v) is 14.2. The van der Waals surface area contributed by atoms with Crippen LogP contribution in [0.3, 0.4) is 0 Å². The van der Waals surface area contributed by atoms with Crippen molar-refractivity contribution in [1.29, 1.82) is 0 Å². The molecule has 0 radical (unpaired) electrons. The quantitative estimate of drug-likeness (QED) is 0.436. The molecule has 2 rings (SSSR count). The average Bonchev–Trinajstić information content (AvgIpc) is 2.49. The number of rotatable bonds is 3. The van der Waals surface area contributed by atoms with Gasteiger partial charge in [-0.3, -0.25) is 4.79 Å². The normalized spacial score (nSPS) is 15.0. The zero-order chi connectivity index (χ0) is 17.0. The number of amides is 1. The van der Waals surface area contributed by atoms with E-state index in [9.17, 15) is 4.79 Å². The first-order valence-electron chi connectivity index (χ1n) is 7.42. The van der Waals surface area contributed by atoms with E-state index in [0.717, 1.165) is 25.7 Å². The molecule has 0 aromatic heterocycles. The number of benzene rings is 1. The van der Waals surface area contributed by atoms with E-state index in [-0.39, 0.29) is 17.1 Å². The lowest BCUT2D eigenvalue weighted by atomic mass is 9.94. The van der Waals surface area contributed by atoms with E-state index in [1.165, 1.54) is 6.42 Å². The van der Waals surface area contributed by atoms with Crippen molar-refractivity contribution < 1.29 is 4.79 Å². The molecule has 1 aromatic rings. The van der Waals surface area contributed by atoms with E-state index in [4.69, 9.17) is 41.0 Å². The van der Waals surface area contributed by atoms with E-state index in [0.29, 0.717) is 16.3 Å². The molecule has 0 saturated heterocycles. The van der Waals surface area contributed by atoms with Crippen molar-refractivity contribution in [1.82, 2.24) is 0 Å². The number of thiocarbonyl (C=S) groups is 1. The van der Waals surface area contributed by atoms with Crippen LogP contribution in [0.5, 0.6) is 0 Å². The van der Waals surface area contributed by atoms with Crippen LogP contribution < -0.4 is 22.1 Å². The Balaban J connectivity index is 2.40. The number of hydrogen-bond acceptors (Lipinski definition) is 2. The predicted octanol–water partition coefficient (Wildman–Crippen LogP) is 2.14. The molecular weight excluding hydrogens is 334 g/mol. The van der Waals surface area contributed by atoms with Crippen LogP contribution in [-0.2, 0) is 0 Å². The Hall–Kier alpha value is -1.86. The molecule has 0 aliphatic heterocycles. The van der Waals surface area contributed by atoms with Gasteiger partial charge in [0.05, 0.1) is 10.7 Å². The molecule has 6 N–H and O–H groups in total. The summed E-state index contributed by atoms with van der Waals surface area (Å²) >= 11 is 11.5. The van der Waals surface area contributed by atoms with Gasteiger partial charge in [-0.2, -0.15) is 4.99 Å². The van der Waals surface area contributed by atoms with Gasteiger partial charge in [0, 0.05) is 11.6 Å². The molecule has 1 fully saturated rings. The zero-order valence-electron chi connectivity index (χ0n) is 12.7. The Morgan fingerprint density at radius 1 is 1.22 bits per heavy atom. The van der Waals surface area contributed by atoms with Crippen molar-refractivity contribution in [3.05, 3.63) is 28.8 Å². The second-order valence-electron chi connectivity index (χ2n) is 5.51. The molecule has 0 heterocycles. The molecule has 124 valence electrons. The number of carbonyl (C=O) groups is 1. The summed E-state index contributed by atoms with van der Waals surface area (Å²) in [7, 11) is 0. The summed E-state index contributed by atoms with van der Waals surface area (Å²) in [6.45, 7) is 0. The highest BCUT2D eigenvalue weighted by molar-refractivity contribution is 7.80. The van der Waals surface area contributed by atoms with Crippen molar-refractivity contribution in [3.63, 3.8) is 0 Å². The van der Waals surface area contributed by atoms with E-state index < -0.39 is 5.91 Å². The lowest BCUT2D eigenvalue weighted by molar-refractivity contribution is 0.100. The fraction of sp³-hybridized carbons (Fsp3) is 0.400. The van der Waals surface area contributed by atoms with Crippen molar-refractivity contribution in [3.8, 4) is 0 Å². The number of hydrogen-bond donors (Lipinski definition) is 3. The second-order valence-corrected chi connectivity index (χ2v) is 6.33. The Morgan fingerprint density at radius 2 is 1.87 bits per heavy atom. The summed E-state index contributed by atoms with van der Waals surface area (Å²) in [5.74, 6) is -0.820. The van der Waals surface area contributed by atoms with Gasteiger partial charge in [0.2, 0.25) is 0 Å². The molecule has 1 aromatic carbocycles. The molecule has 0 unspecified atom stereocenters. The van der Waals surface area contributed by atoms with Crippen LogP contribution in [0.4, 0.5) is 5.69 Å². The fourth-order valence-corrected chi connectivity index (χ4v) is 3.30. The van der Waals surface area contributed by atoms with Crippen LogP contribution >= 0.6 is 23.8 Å². The van der Waals surface area contributed by atoms with Crippen molar-refractivity contribution in [2.24, 2.45) is 22.2 Å². The van der Waals surface area contributed by atoms with Gasteiger partial charge in [-0.05, 0) is 43.3 Å². The monoisotopic (exact) mass is 353 g/mol. The number of guanidine groups is 1. The summed E-state index contributed by atoms with van der Waals surface area (Å²) in [5.41, 5.74) is 17.4. The summed E-state index contributed by atoms with van der Waals surface area (Å²) in [6, 6.07) is 5.01. The molecule has 6 nitrogen and oxygen atoms in total. The van der Waals surface area contributed by atoms with E-state index in [2.05, 4.69) is 4.99 Å². The van der Waals surface area contributed by atoms with E-state index in [1.807, 2.05) is 4.90 Å². The van der Waals surface area contributed by atoms with Crippen molar-refractivity contribution >= 4 is 46.5 Å². The molecular formula is C15H20ClN5OS. The molecule has 1 aliphatic rings. The van der Waals surface area contributed by atoms with Crippen LogP contribution in [0.2, 0.25) is 5.02 Å². The van der Waals surface area contributed by atoms with Crippen LogP contribution in [0.25, 0.3) is 0 Å². The number of nitrogens with two attached hydrogens (primary N) is 3. The first kappa shape index (κ1) is 17.5. The lowest BCUT2D eigenvalue weighted by Crippen LogP contribution is -2.44. The van der Waals surface area contributed by atoms with Gasteiger partial charge in [-0.25, -0.2) is 0 Å². The molecule has 8 heteroatoms. The number of aliphatic imine (C=N–C) groups is 1. The number of halogens is 1. The molecule has 0 spiro atoms. The Labute approximate surface area is 145 Å². The van der Waals surface area contributed by atoms with Crippen LogP contribution in [0, 0.1) is 0 Å². The molecule has 0 atom stereocenters. The van der Waals surface area contributed by atoms with Gasteiger partial charge in [0.15, 0.2) is 11.1 Å². The third-order valence-corrected chi connectivity index (χ3v) is 4.38. The third kappa shape index (κ3) is 4.33. The standard InChI is InChI=1S/C15H20ClN5OS/c16-11-7-6-9(13(22)20-14(17)18)8-12(11)21(15(19)23)10-4-2-1-3-5-10/h6-8,10H,1-5H2,(H2,19,23)(H4,17,18,20,22).